The van der Waals surface area contributed by atoms with Crippen LogP contribution in [0, 0.1) is 6.92 Å². The zero-order valence-electron chi connectivity index (χ0n) is 13.2. The predicted molar refractivity (Wildman–Crippen MR) is 90.6 cm³/mol. The number of nitrogens with one attached hydrogen (secondary N) is 1. The predicted octanol–water partition coefficient (Wildman–Crippen LogP) is 3.46. The first kappa shape index (κ1) is 16.6. The fraction of sp³-hybridized carbons (Fsp3) is 0.412. The van der Waals surface area contributed by atoms with Gasteiger partial charge in [0, 0.05) is 23.4 Å². The topological polar surface area (TPSA) is 62.2 Å². The third-order valence-corrected chi connectivity index (χ3v) is 4.51. The van der Waals surface area contributed by atoms with Gasteiger partial charge in [0.1, 0.15) is 0 Å². The molecule has 0 fully saturated rings. The van der Waals surface area contributed by atoms with Crippen LogP contribution in [0.25, 0.3) is 11.3 Å². The van der Waals surface area contributed by atoms with E-state index in [4.69, 9.17) is 10.1 Å². The number of aliphatic carboxylic acids is 1. The number of aromatic nitrogens is 1. The van der Waals surface area contributed by atoms with E-state index in [1.54, 1.807) is 11.3 Å². The van der Waals surface area contributed by atoms with Gasteiger partial charge >= 0.3 is 5.97 Å². The number of carbonyl (C=O) groups is 1. The van der Waals surface area contributed by atoms with Crippen molar-refractivity contribution in [2.45, 2.75) is 33.1 Å². The zero-order valence-corrected chi connectivity index (χ0v) is 14.0. The van der Waals surface area contributed by atoms with Crippen molar-refractivity contribution in [1.29, 1.82) is 0 Å². The van der Waals surface area contributed by atoms with Gasteiger partial charge in [0.05, 0.1) is 17.2 Å². The highest BCUT2D eigenvalue weighted by Gasteiger charge is 2.10. The zero-order chi connectivity index (χ0) is 16.1. The molecule has 0 radical (unpaired) electrons. The quantitative estimate of drug-likeness (QED) is 0.768. The number of aryl methyl sites for hydroxylation is 1. The number of thiazole rings is 1. The second-order valence-electron chi connectivity index (χ2n) is 5.61. The maximum absolute atomic E-state index is 10.5. The first-order valence-corrected chi connectivity index (χ1v) is 8.28. The Labute approximate surface area is 135 Å². The molecule has 0 aliphatic heterocycles. The molecule has 2 N–H and O–H groups in total. The van der Waals surface area contributed by atoms with E-state index in [1.165, 1.54) is 10.4 Å². The number of hydrogen-bond donors (Lipinski definition) is 2. The van der Waals surface area contributed by atoms with Crippen LogP contribution in [0.4, 0.5) is 0 Å². The van der Waals surface area contributed by atoms with Gasteiger partial charge in [-0.3, -0.25) is 4.79 Å². The minimum absolute atomic E-state index is 0.00607. The summed E-state index contributed by atoms with van der Waals surface area (Å²) in [4.78, 5) is 16.4. The summed E-state index contributed by atoms with van der Waals surface area (Å²) in [6.45, 7) is 7.08. The Morgan fingerprint density at radius 2 is 2.00 bits per heavy atom. The molecule has 0 aliphatic carbocycles. The lowest BCUT2D eigenvalue weighted by molar-refractivity contribution is -0.135. The van der Waals surface area contributed by atoms with E-state index in [2.05, 4.69) is 50.4 Å². The Hall–Kier alpha value is -1.72. The van der Waals surface area contributed by atoms with Crippen LogP contribution in [0.15, 0.2) is 24.3 Å². The number of carboxylic acid groups (broad SMARTS) is 1. The molecule has 1 aromatic heterocycles. The Balaban J connectivity index is 2.04. The number of carboxylic acids is 1. The van der Waals surface area contributed by atoms with Crippen LogP contribution in [0.3, 0.4) is 0 Å². The van der Waals surface area contributed by atoms with Crippen LogP contribution < -0.4 is 5.32 Å². The molecule has 2 aromatic rings. The number of benzene rings is 1. The summed E-state index contributed by atoms with van der Waals surface area (Å²) in [5, 5.41) is 12.5. The molecule has 0 bridgehead atoms. The van der Waals surface area contributed by atoms with Crippen molar-refractivity contribution >= 4 is 17.3 Å². The first-order chi connectivity index (χ1) is 10.5. The van der Waals surface area contributed by atoms with E-state index >= 15 is 0 Å². The standard InChI is InChI=1S/C17H22N2O2S/c1-11(2)13-4-6-14(7-5-13)17-12(3)22-15(19-17)8-9-18-10-16(20)21/h4-7,11,18H,8-10H2,1-3H3,(H,20,21). The maximum Gasteiger partial charge on any atom is 0.317 e. The van der Waals surface area contributed by atoms with Crippen molar-refractivity contribution in [2.75, 3.05) is 13.1 Å². The number of rotatable bonds is 7. The summed E-state index contributed by atoms with van der Waals surface area (Å²) in [6.07, 6.45) is 0.753. The maximum atomic E-state index is 10.5. The fourth-order valence-electron chi connectivity index (χ4n) is 2.24. The van der Waals surface area contributed by atoms with Crippen molar-refractivity contribution in [3.8, 4) is 11.3 Å². The van der Waals surface area contributed by atoms with Crippen molar-refractivity contribution in [3.05, 3.63) is 39.7 Å². The van der Waals surface area contributed by atoms with Gasteiger partial charge in [-0.1, -0.05) is 38.1 Å². The Morgan fingerprint density at radius 1 is 1.32 bits per heavy atom. The molecule has 22 heavy (non-hydrogen) atoms. The summed E-state index contributed by atoms with van der Waals surface area (Å²) in [5.41, 5.74) is 3.51. The van der Waals surface area contributed by atoms with Crippen LogP contribution in [0.5, 0.6) is 0 Å². The molecule has 0 amide bonds. The lowest BCUT2D eigenvalue weighted by Gasteiger charge is -2.06. The fourth-order valence-corrected chi connectivity index (χ4v) is 3.20. The van der Waals surface area contributed by atoms with Gasteiger partial charge < -0.3 is 10.4 Å². The van der Waals surface area contributed by atoms with Crippen molar-refractivity contribution in [2.24, 2.45) is 0 Å². The summed E-state index contributed by atoms with van der Waals surface area (Å²) in [7, 11) is 0. The minimum atomic E-state index is -0.832. The molecule has 0 spiro atoms. The SMILES string of the molecule is Cc1sc(CCNCC(=O)O)nc1-c1ccc(C(C)C)cc1. The lowest BCUT2D eigenvalue weighted by Crippen LogP contribution is -2.24. The number of hydrogen-bond acceptors (Lipinski definition) is 4. The molecule has 0 saturated carbocycles. The van der Waals surface area contributed by atoms with Gasteiger partial charge in [-0.05, 0) is 18.4 Å². The average Bonchev–Trinajstić information content (AvgIpc) is 2.84. The van der Waals surface area contributed by atoms with Crippen LogP contribution in [0.2, 0.25) is 0 Å². The molecule has 0 saturated heterocycles. The Morgan fingerprint density at radius 3 is 2.59 bits per heavy atom. The molecule has 0 unspecified atom stereocenters. The average molecular weight is 318 g/mol. The van der Waals surface area contributed by atoms with E-state index < -0.39 is 5.97 Å². The minimum Gasteiger partial charge on any atom is -0.480 e. The van der Waals surface area contributed by atoms with Gasteiger partial charge in [-0.25, -0.2) is 4.98 Å². The summed E-state index contributed by atoms with van der Waals surface area (Å²) >= 11 is 1.68. The van der Waals surface area contributed by atoms with Gasteiger partial charge in [-0.2, -0.15) is 0 Å². The Kier molecular flexibility index (Phi) is 5.69. The van der Waals surface area contributed by atoms with Crippen LogP contribution in [-0.4, -0.2) is 29.1 Å². The molecule has 5 heteroatoms. The summed E-state index contributed by atoms with van der Waals surface area (Å²) in [5.74, 6) is -0.303. The van der Waals surface area contributed by atoms with Crippen molar-refractivity contribution in [1.82, 2.24) is 10.3 Å². The van der Waals surface area contributed by atoms with Crippen molar-refractivity contribution in [3.63, 3.8) is 0 Å². The van der Waals surface area contributed by atoms with E-state index in [0.717, 1.165) is 22.7 Å². The third-order valence-electron chi connectivity index (χ3n) is 3.48. The van der Waals surface area contributed by atoms with E-state index in [9.17, 15) is 4.79 Å². The second-order valence-corrected chi connectivity index (χ2v) is 6.90. The smallest absolute Gasteiger partial charge is 0.317 e. The van der Waals surface area contributed by atoms with Crippen molar-refractivity contribution < 1.29 is 9.90 Å². The third kappa shape index (κ3) is 4.39. The monoisotopic (exact) mass is 318 g/mol. The summed E-state index contributed by atoms with van der Waals surface area (Å²) in [6, 6.07) is 8.58. The summed E-state index contributed by atoms with van der Waals surface area (Å²) < 4.78 is 0. The second kappa shape index (κ2) is 7.51. The molecule has 1 aromatic carbocycles. The van der Waals surface area contributed by atoms with Gasteiger partial charge in [0.2, 0.25) is 0 Å². The van der Waals surface area contributed by atoms with E-state index in [0.29, 0.717) is 12.5 Å². The molecular formula is C17H22N2O2S. The lowest BCUT2D eigenvalue weighted by atomic mass is 10.0. The first-order valence-electron chi connectivity index (χ1n) is 7.46. The number of nitrogens with zero attached hydrogens (tertiary/aromatic N) is 1. The molecule has 1 heterocycles. The van der Waals surface area contributed by atoms with Gasteiger partial charge in [0.25, 0.3) is 0 Å². The van der Waals surface area contributed by atoms with E-state index in [-0.39, 0.29) is 6.54 Å². The largest absolute Gasteiger partial charge is 0.480 e. The molecule has 118 valence electrons. The van der Waals surface area contributed by atoms with Crippen LogP contribution in [0.1, 0.15) is 35.2 Å². The highest BCUT2D eigenvalue weighted by Crippen LogP contribution is 2.28. The van der Waals surface area contributed by atoms with Crippen LogP contribution in [-0.2, 0) is 11.2 Å². The molecule has 0 aliphatic rings. The van der Waals surface area contributed by atoms with Gasteiger partial charge in [0.15, 0.2) is 0 Å². The highest BCUT2D eigenvalue weighted by atomic mass is 32.1. The molecular weight excluding hydrogens is 296 g/mol. The normalized spacial score (nSPS) is 11.1. The molecule has 0 atom stereocenters. The molecule has 4 nitrogen and oxygen atoms in total. The van der Waals surface area contributed by atoms with E-state index in [1.807, 2.05) is 0 Å². The highest BCUT2D eigenvalue weighted by molar-refractivity contribution is 7.12. The van der Waals surface area contributed by atoms with Gasteiger partial charge in [-0.15, -0.1) is 11.3 Å². The van der Waals surface area contributed by atoms with Crippen LogP contribution >= 0.6 is 11.3 Å². The Bertz CT molecular complexity index is 633. The molecule has 2 rings (SSSR count).